The summed E-state index contributed by atoms with van der Waals surface area (Å²) in [7, 11) is 1.65. The molecular formula is C24H35IN4O. The van der Waals surface area contributed by atoms with Gasteiger partial charge in [-0.2, -0.15) is 0 Å². The molecule has 0 aliphatic heterocycles. The molecular weight excluding hydrogens is 487 g/mol. The summed E-state index contributed by atoms with van der Waals surface area (Å²) in [6.45, 7) is 10.9. The molecule has 0 aromatic heterocycles. The Hall–Kier alpha value is -2.09. The van der Waals surface area contributed by atoms with Gasteiger partial charge in [0.25, 0.3) is 5.91 Å². The Morgan fingerprint density at radius 2 is 1.80 bits per heavy atom. The van der Waals surface area contributed by atoms with Gasteiger partial charge >= 0.3 is 0 Å². The molecule has 0 unspecified atom stereocenters. The molecule has 30 heavy (non-hydrogen) atoms. The van der Waals surface area contributed by atoms with Crippen molar-refractivity contribution < 1.29 is 4.79 Å². The maximum Gasteiger partial charge on any atom is 0.251 e. The molecule has 0 atom stereocenters. The van der Waals surface area contributed by atoms with Crippen LogP contribution in [-0.4, -0.2) is 38.5 Å². The number of halogens is 1. The fraction of sp³-hybridized carbons (Fsp3) is 0.417. The number of carbonyl (C=O) groups is 1. The number of guanidine groups is 1. The number of amides is 1. The molecule has 5 nitrogen and oxygen atoms in total. The molecule has 2 aromatic rings. The number of rotatable bonds is 8. The molecule has 0 bridgehead atoms. The molecule has 2 aromatic carbocycles. The lowest BCUT2D eigenvalue weighted by Gasteiger charge is -2.24. The monoisotopic (exact) mass is 522 g/mol. The van der Waals surface area contributed by atoms with Crippen molar-refractivity contribution in [2.24, 2.45) is 4.99 Å². The van der Waals surface area contributed by atoms with Gasteiger partial charge in [0.05, 0.1) is 6.54 Å². The van der Waals surface area contributed by atoms with Crippen LogP contribution in [0.15, 0.2) is 53.5 Å². The van der Waals surface area contributed by atoms with Crippen molar-refractivity contribution in [2.75, 3.05) is 26.7 Å². The van der Waals surface area contributed by atoms with E-state index in [1.54, 1.807) is 7.05 Å². The summed E-state index contributed by atoms with van der Waals surface area (Å²) in [6.07, 6.45) is 0.816. The average Bonchev–Trinajstić information content (AvgIpc) is 2.71. The van der Waals surface area contributed by atoms with Gasteiger partial charge in [0.1, 0.15) is 0 Å². The summed E-state index contributed by atoms with van der Waals surface area (Å²) in [5, 5.41) is 9.39. The fourth-order valence-electron chi connectivity index (χ4n) is 3.11. The van der Waals surface area contributed by atoms with Gasteiger partial charge in [0.2, 0.25) is 0 Å². The lowest BCUT2D eigenvalue weighted by molar-refractivity contribution is 0.0963. The molecule has 6 heteroatoms. The van der Waals surface area contributed by atoms with Gasteiger partial charge in [0.15, 0.2) is 5.96 Å². The third-order valence-electron chi connectivity index (χ3n) is 4.90. The van der Waals surface area contributed by atoms with E-state index in [0.717, 1.165) is 31.0 Å². The first-order chi connectivity index (χ1) is 13.9. The largest absolute Gasteiger partial charge is 0.357 e. The zero-order valence-corrected chi connectivity index (χ0v) is 21.0. The van der Waals surface area contributed by atoms with Crippen LogP contribution >= 0.6 is 24.0 Å². The predicted molar refractivity (Wildman–Crippen MR) is 137 cm³/mol. The molecule has 164 valence electrons. The number of benzene rings is 2. The zero-order valence-electron chi connectivity index (χ0n) is 18.7. The van der Waals surface area contributed by atoms with E-state index in [9.17, 15) is 4.79 Å². The van der Waals surface area contributed by atoms with E-state index < -0.39 is 0 Å². The number of aryl methyl sites for hydroxylation is 1. The minimum Gasteiger partial charge on any atom is -0.357 e. The quantitative estimate of drug-likeness (QED) is 0.279. The number of hydrogen-bond acceptors (Lipinski definition) is 2. The van der Waals surface area contributed by atoms with E-state index in [2.05, 4.69) is 67.9 Å². The fourth-order valence-corrected chi connectivity index (χ4v) is 3.11. The van der Waals surface area contributed by atoms with Crippen LogP contribution in [0.5, 0.6) is 0 Å². The number of carbonyl (C=O) groups excluding carboxylic acids is 1. The second kappa shape index (κ2) is 12.6. The van der Waals surface area contributed by atoms with Crippen LogP contribution in [0.2, 0.25) is 0 Å². The van der Waals surface area contributed by atoms with Gasteiger partial charge in [-0.25, -0.2) is 0 Å². The molecule has 2 rings (SSSR count). The minimum absolute atomic E-state index is 0. The highest BCUT2D eigenvalue weighted by Crippen LogP contribution is 2.24. The van der Waals surface area contributed by atoms with Gasteiger partial charge in [-0.05, 0) is 43.5 Å². The number of nitrogens with zero attached hydrogens (tertiary/aromatic N) is 1. The van der Waals surface area contributed by atoms with Gasteiger partial charge in [0, 0.05) is 31.1 Å². The van der Waals surface area contributed by atoms with E-state index >= 15 is 0 Å². The molecule has 0 spiro atoms. The van der Waals surface area contributed by atoms with Gasteiger partial charge < -0.3 is 16.0 Å². The molecule has 0 saturated heterocycles. The topological polar surface area (TPSA) is 65.5 Å². The Balaban J connectivity index is 0.00000450. The van der Waals surface area contributed by atoms with Crippen LogP contribution in [-0.2, 0) is 11.8 Å². The normalized spacial score (nSPS) is 11.4. The molecule has 3 N–H and O–H groups in total. The van der Waals surface area contributed by atoms with Crippen LogP contribution in [0.3, 0.4) is 0 Å². The zero-order chi connectivity index (χ0) is 21.3. The Morgan fingerprint density at radius 1 is 1.07 bits per heavy atom. The summed E-state index contributed by atoms with van der Waals surface area (Å²) in [4.78, 5) is 16.6. The van der Waals surface area contributed by atoms with E-state index in [4.69, 9.17) is 4.99 Å². The van der Waals surface area contributed by atoms with E-state index in [1.807, 2.05) is 24.3 Å². The highest BCUT2D eigenvalue weighted by atomic mass is 127. The molecule has 0 radical (unpaired) electrons. The Morgan fingerprint density at radius 3 is 2.47 bits per heavy atom. The summed E-state index contributed by atoms with van der Waals surface area (Å²) < 4.78 is 0. The molecule has 1 amide bonds. The lowest BCUT2D eigenvalue weighted by Crippen LogP contribution is -2.39. The van der Waals surface area contributed by atoms with Crippen LogP contribution in [0.1, 0.15) is 47.8 Å². The third-order valence-corrected chi connectivity index (χ3v) is 4.90. The van der Waals surface area contributed by atoms with Crippen LogP contribution < -0.4 is 16.0 Å². The predicted octanol–water partition coefficient (Wildman–Crippen LogP) is 4.05. The smallest absolute Gasteiger partial charge is 0.251 e. The van der Waals surface area contributed by atoms with Gasteiger partial charge in [-0.15, -0.1) is 24.0 Å². The third kappa shape index (κ3) is 7.97. The Kier molecular flexibility index (Phi) is 10.9. The summed E-state index contributed by atoms with van der Waals surface area (Å²) >= 11 is 0. The first kappa shape index (κ1) is 25.9. The summed E-state index contributed by atoms with van der Waals surface area (Å²) in [5.74, 6) is 0.753. The number of nitrogens with one attached hydrogen (secondary N) is 3. The number of aliphatic imine (C=N–C) groups is 1. The molecule has 0 saturated carbocycles. The highest BCUT2D eigenvalue weighted by Gasteiger charge is 2.20. The van der Waals surface area contributed by atoms with Crippen molar-refractivity contribution in [3.63, 3.8) is 0 Å². The van der Waals surface area contributed by atoms with Crippen LogP contribution in [0.4, 0.5) is 0 Å². The Bertz CT molecular complexity index is 849. The van der Waals surface area contributed by atoms with Crippen molar-refractivity contribution >= 4 is 35.8 Å². The Labute approximate surface area is 198 Å². The van der Waals surface area contributed by atoms with Crippen molar-refractivity contribution in [3.05, 3.63) is 70.8 Å². The van der Waals surface area contributed by atoms with Crippen molar-refractivity contribution in [2.45, 2.75) is 39.5 Å². The van der Waals surface area contributed by atoms with E-state index in [-0.39, 0.29) is 35.3 Å². The van der Waals surface area contributed by atoms with E-state index in [0.29, 0.717) is 12.1 Å². The lowest BCUT2D eigenvalue weighted by atomic mass is 9.84. The standard InChI is InChI=1S/C24H34N4O.HI/c1-6-26-23(28-17-24(3,4)21-12-7-9-18(2)15-21)27-14-13-19-10-8-11-20(16-19)22(29)25-5;/h7-12,15-16H,6,13-14,17H2,1-5H3,(H,25,29)(H2,26,27,28);1H. The van der Waals surface area contributed by atoms with Crippen molar-refractivity contribution in [3.8, 4) is 0 Å². The molecule has 0 aliphatic rings. The molecule has 0 aliphatic carbocycles. The number of hydrogen-bond donors (Lipinski definition) is 3. The minimum atomic E-state index is -0.0620. The van der Waals surface area contributed by atoms with Crippen molar-refractivity contribution in [1.82, 2.24) is 16.0 Å². The SMILES string of the molecule is CCNC(=NCC(C)(C)c1cccc(C)c1)NCCc1cccc(C(=O)NC)c1.I. The van der Waals surface area contributed by atoms with Gasteiger partial charge in [-0.1, -0.05) is 55.8 Å². The van der Waals surface area contributed by atoms with Crippen LogP contribution in [0.25, 0.3) is 0 Å². The summed E-state index contributed by atoms with van der Waals surface area (Å²) in [5.41, 5.74) is 4.32. The molecule has 0 heterocycles. The van der Waals surface area contributed by atoms with E-state index in [1.165, 1.54) is 11.1 Å². The second-order valence-electron chi connectivity index (χ2n) is 7.90. The summed E-state index contributed by atoms with van der Waals surface area (Å²) in [6, 6.07) is 16.3. The average molecular weight is 522 g/mol. The maximum absolute atomic E-state index is 11.8. The van der Waals surface area contributed by atoms with Gasteiger partial charge in [-0.3, -0.25) is 9.79 Å². The molecule has 0 fully saturated rings. The maximum atomic E-state index is 11.8. The van der Waals surface area contributed by atoms with Crippen LogP contribution in [0, 0.1) is 6.92 Å². The first-order valence-corrected chi connectivity index (χ1v) is 10.3. The first-order valence-electron chi connectivity index (χ1n) is 10.3. The second-order valence-corrected chi connectivity index (χ2v) is 7.90. The van der Waals surface area contributed by atoms with Crippen molar-refractivity contribution in [1.29, 1.82) is 0 Å². The highest BCUT2D eigenvalue weighted by molar-refractivity contribution is 14.0.